The van der Waals surface area contributed by atoms with Gasteiger partial charge in [-0.3, -0.25) is 9.59 Å². The number of amides is 2. The Morgan fingerprint density at radius 3 is 2.47 bits per heavy atom. The van der Waals surface area contributed by atoms with E-state index in [1.165, 1.54) is 6.07 Å². The van der Waals surface area contributed by atoms with Gasteiger partial charge in [0, 0.05) is 5.54 Å². The lowest BCUT2D eigenvalue weighted by atomic mass is 10.1. The summed E-state index contributed by atoms with van der Waals surface area (Å²) in [5, 5.41) is 5.60. The second-order valence-electron chi connectivity index (χ2n) is 5.28. The molecule has 1 aromatic heterocycles. The fourth-order valence-corrected chi connectivity index (χ4v) is 1.51. The molecule has 0 radical (unpaired) electrons. The van der Waals surface area contributed by atoms with Crippen LogP contribution in [0.25, 0.3) is 0 Å². The van der Waals surface area contributed by atoms with Crippen molar-refractivity contribution in [3.8, 4) is 0 Å². The van der Waals surface area contributed by atoms with Crippen LogP contribution in [0.4, 0.5) is 0 Å². The lowest BCUT2D eigenvalue weighted by molar-refractivity contribution is -0.124. The van der Waals surface area contributed by atoms with Gasteiger partial charge >= 0.3 is 0 Å². The lowest BCUT2D eigenvalue weighted by Gasteiger charge is -2.23. The van der Waals surface area contributed by atoms with Crippen LogP contribution in [-0.2, 0) is 4.79 Å². The average Bonchev–Trinajstić information content (AvgIpc) is 2.26. The smallest absolute Gasteiger partial charge is 0.270 e. The minimum atomic E-state index is -0.646. The Kier molecular flexibility index (Phi) is 4.89. The summed E-state index contributed by atoms with van der Waals surface area (Å²) in [4.78, 5) is 27.6. The van der Waals surface area contributed by atoms with Crippen LogP contribution in [0.15, 0.2) is 18.2 Å². The molecule has 6 heteroatoms. The number of hydrogen-bond donors (Lipinski definition) is 2. The third-order valence-corrected chi connectivity index (χ3v) is 2.40. The maximum Gasteiger partial charge on any atom is 0.270 e. The minimum Gasteiger partial charge on any atom is -0.350 e. The minimum absolute atomic E-state index is 0.183. The molecule has 0 spiro atoms. The molecule has 0 aliphatic heterocycles. The quantitative estimate of drug-likeness (QED) is 0.831. The van der Waals surface area contributed by atoms with E-state index in [9.17, 15) is 9.59 Å². The van der Waals surface area contributed by atoms with Crippen LogP contribution < -0.4 is 10.6 Å². The van der Waals surface area contributed by atoms with Crippen molar-refractivity contribution in [2.24, 2.45) is 0 Å². The second kappa shape index (κ2) is 6.02. The van der Waals surface area contributed by atoms with Crippen molar-refractivity contribution in [3.63, 3.8) is 0 Å². The number of pyridine rings is 1. The zero-order valence-corrected chi connectivity index (χ0v) is 12.2. The lowest BCUT2D eigenvalue weighted by Crippen LogP contribution is -2.50. The van der Waals surface area contributed by atoms with Gasteiger partial charge in [0.05, 0.1) is 0 Å². The highest BCUT2D eigenvalue weighted by atomic mass is 35.5. The van der Waals surface area contributed by atoms with Crippen molar-refractivity contribution in [1.82, 2.24) is 15.6 Å². The van der Waals surface area contributed by atoms with Crippen LogP contribution >= 0.6 is 11.6 Å². The first-order valence-corrected chi connectivity index (χ1v) is 6.32. The summed E-state index contributed by atoms with van der Waals surface area (Å²) in [6, 6.07) is 4.10. The molecule has 2 amide bonds. The fraction of sp³-hybridized carbons (Fsp3) is 0.462. The monoisotopic (exact) mass is 283 g/mol. The first-order chi connectivity index (χ1) is 8.69. The van der Waals surface area contributed by atoms with E-state index in [4.69, 9.17) is 11.6 Å². The molecule has 0 saturated heterocycles. The van der Waals surface area contributed by atoms with Crippen LogP contribution in [0.2, 0.25) is 5.15 Å². The van der Waals surface area contributed by atoms with Gasteiger partial charge in [-0.05, 0) is 39.8 Å². The van der Waals surface area contributed by atoms with E-state index in [-0.39, 0.29) is 22.3 Å². The van der Waals surface area contributed by atoms with Crippen molar-refractivity contribution in [3.05, 3.63) is 29.0 Å². The van der Waals surface area contributed by atoms with Gasteiger partial charge in [0.25, 0.3) is 5.91 Å². The van der Waals surface area contributed by atoms with Gasteiger partial charge in [-0.15, -0.1) is 0 Å². The summed E-state index contributed by atoms with van der Waals surface area (Å²) in [5.74, 6) is -0.679. The molecule has 0 aliphatic carbocycles. The molecule has 2 N–H and O–H groups in total. The van der Waals surface area contributed by atoms with E-state index < -0.39 is 11.9 Å². The van der Waals surface area contributed by atoms with E-state index in [0.717, 1.165) is 0 Å². The third kappa shape index (κ3) is 5.26. The van der Waals surface area contributed by atoms with Crippen molar-refractivity contribution in [2.75, 3.05) is 0 Å². The van der Waals surface area contributed by atoms with Crippen LogP contribution in [0.5, 0.6) is 0 Å². The van der Waals surface area contributed by atoms with Crippen molar-refractivity contribution in [1.29, 1.82) is 0 Å². The summed E-state index contributed by atoms with van der Waals surface area (Å²) < 4.78 is 0. The van der Waals surface area contributed by atoms with Crippen LogP contribution in [0.3, 0.4) is 0 Å². The number of hydrogen-bond acceptors (Lipinski definition) is 3. The summed E-state index contributed by atoms with van der Waals surface area (Å²) in [6.45, 7) is 7.23. The topological polar surface area (TPSA) is 71.1 Å². The van der Waals surface area contributed by atoms with E-state index in [0.29, 0.717) is 0 Å². The predicted molar refractivity (Wildman–Crippen MR) is 74.1 cm³/mol. The Bertz CT molecular complexity index is 483. The number of rotatable bonds is 3. The molecule has 0 aromatic carbocycles. The molecule has 1 aromatic rings. The van der Waals surface area contributed by atoms with E-state index in [2.05, 4.69) is 15.6 Å². The Labute approximate surface area is 117 Å². The van der Waals surface area contributed by atoms with Gasteiger partial charge in [0.2, 0.25) is 5.91 Å². The number of carbonyl (C=O) groups excluding carboxylic acids is 2. The second-order valence-corrected chi connectivity index (χ2v) is 5.67. The molecule has 0 bridgehead atoms. The highest BCUT2D eigenvalue weighted by Crippen LogP contribution is 2.05. The van der Waals surface area contributed by atoms with Gasteiger partial charge in [-0.25, -0.2) is 4.98 Å². The zero-order valence-electron chi connectivity index (χ0n) is 11.5. The van der Waals surface area contributed by atoms with E-state index in [1.807, 2.05) is 20.8 Å². The Balaban J connectivity index is 2.64. The van der Waals surface area contributed by atoms with Crippen molar-refractivity contribution >= 4 is 23.4 Å². The molecule has 0 aliphatic rings. The van der Waals surface area contributed by atoms with Gasteiger partial charge in [-0.2, -0.15) is 0 Å². The zero-order chi connectivity index (χ0) is 14.6. The average molecular weight is 284 g/mol. The Hall–Kier alpha value is -1.62. The van der Waals surface area contributed by atoms with Crippen molar-refractivity contribution in [2.45, 2.75) is 39.3 Å². The molecule has 1 rings (SSSR count). The SMILES string of the molecule is CC(NC(=O)c1cccc(Cl)n1)C(=O)NC(C)(C)C. The molecular weight excluding hydrogens is 266 g/mol. The molecule has 0 saturated carbocycles. The molecular formula is C13H18ClN3O2. The summed E-state index contributed by atoms with van der Waals surface area (Å²) >= 11 is 5.70. The van der Waals surface area contributed by atoms with E-state index >= 15 is 0 Å². The van der Waals surface area contributed by atoms with Gasteiger partial charge in [0.15, 0.2) is 0 Å². The first kappa shape index (κ1) is 15.4. The molecule has 5 nitrogen and oxygen atoms in total. The van der Waals surface area contributed by atoms with Crippen LogP contribution in [0.1, 0.15) is 38.2 Å². The Morgan fingerprint density at radius 1 is 1.32 bits per heavy atom. The number of halogens is 1. The summed E-state index contributed by atoms with van der Waals surface area (Å²) in [7, 11) is 0. The summed E-state index contributed by atoms with van der Waals surface area (Å²) in [6.07, 6.45) is 0. The van der Waals surface area contributed by atoms with Crippen LogP contribution in [-0.4, -0.2) is 28.4 Å². The molecule has 0 fully saturated rings. The van der Waals surface area contributed by atoms with Gasteiger partial charge < -0.3 is 10.6 Å². The van der Waals surface area contributed by atoms with Crippen LogP contribution in [0, 0.1) is 0 Å². The molecule has 1 heterocycles. The van der Waals surface area contributed by atoms with Gasteiger partial charge in [-0.1, -0.05) is 17.7 Å². The fourth-order valence-electron chi connectivity index (χ4n) is 1.35. The Morgan fingerprint density at radius 2 is 1.95 bits per heavy atom. The number of aromatic nitrogens is 1. The largest absolute Gasteiger partial charge is 0.350 e. The normalized spacial score (nSPS) is 12.7. The van der Waals surface area contributed by atoms with Crippen molar-refractivity contribution < 1.29 is 9.59 Å². The first-order valence-electron chi connectivity index (χ1n) is 5.94. The maximum atomic E-state index is 11.9. The highest BCUT2D eigenvalue weighted by Gasteiger charge is 2.21. The molecule has 19 heavy (non-hydrogen) atoms. The summed E-state index contributed by atoms with van der Waals surface area (Å²) in [5.41, 5.74) is -0.160. The molecule has 1 atom stereocenters. The number of carbonyl (C=O) groups is 2. The number of nitrogens with one attached hydrogen (secondary N) is 2. The predicted octanol–water partition coefficient (Wildman–Crippen LogP) is 1.77. The number of nitrogens with zero attached hydrogens (tertiary/aromatic N) is 1. The van der Waals surface area contributed by atoms with E-state index in [1.54, 1.807) is 19.1 Å². The standard InChI is InChI=1S/C13H18ClN3O2/c1-8(11(18)17-13(2,3)4)15-12(19)9-6-5-7-10(14)16-9/h5-8H,1-4H3,(H,15,19)(H,17,18). The highest BCUT2D eigenvalue weighted by molar-refractivity contribution is 6.29. The molecule has 1 unspecified atom stereocenters. The molecule has 104 valence electrons. The third-order valence-electron chi connectivity index (χ3n) is 2.19. The maximum absolute atomic E-state index is 11.9. The van der Waals surface area contributed by atoms with Gasteiger partial charge in [0.1, 0.15) is 16.9 Å².